The SMILES string of the molecule is CCCNCCC(C)(O)Cc1nccn1CC. The predicted octanol–water partition coefficient (Wildman–Crippen LogP) is 1.59. The van der Waals surface area contributed by atoms with E-state index in [1.54, 1.807) is 6.20 Å². The van der Waals surface area contributed by atoms with E-state index < -0.39 is 5.60 Å². The second kappa shape index (κ2) is 6.77. The molecule has 4 nitrogen and oxygen atoms in total. The van der Waals surface area contributed by atoms with Gasteiger partial charge in [0.15, 0.2) is 0 Å². The number of nitrogens with zero attached hydrogens (tertiary/aromatic N) is 2. The monoisotopic (exact) mass is 239 g/mol. The number of nitrogens with one attached hydrogen (secondary N) is 1. The van der Waals surface area contributed by atoms with Crippen molar-refractivity contribution in [1.29, 1.82) is 0 Å². The summed E-state index contributed by atoms with van der Waals surface area (Å²) >= 11 is 0. The summed E-state index contributed by atoms with van der Waals surface area (Å²) in [5.74, 6) is 0.966. The van der Waals surface area contributed by atoms with Gasteiger partial charge >= 0.3 is 0 Å². The van der Waals surface area contributed by atoms with E-state index in [2.05, 4.69) is 28.7 Å². The van der Waals surface area contributed by atoms with Crippen molar-refractivity contribution in [2.45, 2.75) is 52.2 Å². The number of rotatable bonds is 8. The lowest BCUT2D eigenvalue weighted by Crippen LogP contribution is -2.33. The number of hydrogen-bond acceptors (Lipinski definition) is 3. The Morgan fingerprint density at radius 1 is 1.41 bits per heavy atom. The topological polar surface area (TPSA) is 50.1 Å². The van der Waals surface area contributed by atoms with Crippen molar-refractivity contribution < 1.29 is 5.11 Å². The third kappa shape index (κ3) is 4.88. The zero-order valence-electron chi connectivity index (χ0n) is 11.2. The van der Waals surface area contributed by atoms with Gasteiger partial charge in [0.2, 0.25) is 0 Å². The summed E-state index contributed by atoms with van der Waals surface area (Å²) in [6, 6.07) is 0. The summed E-state index contributed by atoms with van der Waals surface area (Å²) in [6.45, 7) is 8.88. The lowest BCUT2D eigenvalue weighted by atomic mass is 9.97. The first-order valence-electron chi connectivity index (χ1n) is 6.52. The summed E-state index contributed by atoms with van der Waals surface area (Å²) in [5.41, 5.74) is -0.682. The van der Waals surface area contributed by atoms with Crippen LogP contribution in [-0.2, 0) is 13.0 Å². The summed E-state index contributed by atoms with van der Waals surface area (Å²) in [7, 11) is 0. The molecule has 1 unspecified atom stereocenters. The molecule has 2 N–H and O–H groups in total. The van der Waals surface area contributed by atoms with E-state index in [-0.39, 0.29) is 0 Å². The Hall–Kier alpha value is -0.870. The van der Waals surface area contributed by atoms with Crippen molar-refractivity contribution in [2.24, 2.45) is 0 Å². The molecule has 0 spiro atoms. The molecule has 1 atom stereocenters. The first kappa shape index (κ1) is 14.2. The third-order valence-corrected chi connectivity index (χ3v) is 2.95. The largest absolute Gasteiger partial charge is 0.390 e. The maximum absolute atomic E-state index is 10.3. The Morgan fingerprint density at radius 3 is 2.82 bits per heavy atom. The van der Waals surface area contributed by atoms with E-state index in [0.29, 0.717) is 6.42 Å². The quantitative estimate of drug-likeness (QED) is 0.677. The molecule has 0 aromatic carbocycles. The van der Waals surface area contributed by atoms with Gasteiger partial charge in [-0.3, -0.25) is 0 Å². The molecule has 0 saturated heterocycles. The molecule has 98 valence electrons. The van der Waals surface area contributed by atoms with Crippen LogP contribution >= 0.6 is 0 Å². The Morgan fingerprint density at radius 2 is 2.18 bits per heavy atom. The van der Waals surface area contributed by atoms with E-state index in [1.165, 1.54) is 0 Å². The van der Waals surface area contributed by atoms with Crippen LogP contribution in [0.3, 0.4) is 0 Å². The average Bonchev–Trinajstić information content (AvgIpc) is 2.71. The molecule has 4 heteroatoms. The Bertz CT molecular complexity index is 320. The minimum atomic E-state index is -0.682. The van der Waals surface area contributed by atoms with Gasteiger partial charge in [-0.15, -0.1) is 0 Å². The van der Waals surface area contributed by atoms with Gasteiger partial charge in [-0.05, 0) is 39.8 Å². The van der Waals surface area contributed by atoms with Crippen LogP contribution < -0.4 is 5.32 Å². The highest BCUT2D eigenvalue weighted by Gasteiger charge is 2.22. The second-order valence-electron chi connectivity index (χ2n) is 4.80. The van der Waals surface area contributed by atoms with E-state index in [0.717, 1.165) is 38.3 Å². The first-order valence-corrected chi connectivity index (χ1v) is 6.52. The Balaban J connectivity index is 2.42. The van der Waals surface area contributed by atoms with E-state index in [1.807, 2.05) is 13.1 Å². The molecular formula is C13H25N3O. The molecule has 0 aliphatic heterocycles. The van der Waals surface area contributed by atoms with Crippen molar-refractivity contribution in [3.8, 4) is 0 Å². The zero-order valence-corrected chi connectivity index (χ0v) is 11.2. The highest BCUT2D eigenvalue weighted by molar-refractivity contribution is 4.97. The summed E-state index contributed by atoms with van der Waals surface area (Å²) < 4.78 is 2.08. The number of aromatic nitrogens is 2. The lowest BCUT2D eigenvalue weighted by molar-refractivity contribution is 0.0488. The summed E-state index contributed by atoms with van der Waals surface area (Å²) in [4.78, 5) is 4.30. The van der Waals surface area contributed by atoms with Crippen LogP contribution in [0.4, 0.5) is 0 Å². The molecule has 0 aliphatic carbocycles. The van der Waals surface area contributed by atoms with Gasteiger partial charge in [-0.2, -0.15) is 0 Å². The minimum absolute atomic E-state index is 0.613. The van der Waals surface area contributed by atoms with Crippen LogP contribution in [0.2, 0.25) is 0 Å². The maximum atomic E-state index is 10.3. The van der Waals surface area contributed by atoms with Gasteiger partial charge in [-0.1, -0.05) is 6.92 Å². The van der Waals surface area contributed by atoms with Crippen LogP contribution in [0.5, 0.6) is 0 Å². The molecule has 0 amide bonds. The number of aliphatic hydroxyl groups is 1. The van der Waals surface area contributed by atoms with Gasteiger partial charge in [-0.25, -0.2) is 4.98 Å². The Kier molecular flexibility index (Phi) is 5.65. The fourth-order valence-electron chi connectivity index (χ4n) is 1.88. The van der Waals surface area contributed by atoms with Crippen LogP contribution in [0.1, 0.15) is 39.4 Å². The second-order valence-corrected chi connectivity index (χ2v) is 4.80. The number of hydrogen-bond donors (Lipinski definition) is 2. The molecule has 1 rings (SSSR count). The minimum Gasteiger partial charge on any atom is -0.390 e. The average molecular weight is 239 g/mol. The highest BCUT2D eigenvalue weighted by atomic mass is 16.3. The fraction of sp³-hybridized carbons (Fsp3) is 0.769. The summed E-state index contributed by atoms with van der Waals surface area (Å²) in [6.07, 6.45) is 6.25. The molecule has 0 bridgehead atoms. The van der Waals surface area contributed by atoms with Gasteiger partial charge < -0.3 is 15.0 Å². The molecule has 1 heterocycles. The van der Waals surface area contributed by atoms with Crippen LogP contribution in [0, 0.1) is 0 Å². The number of imidazole rings is 1. The Labute approximate surface area is 104 Å². The van der Waals surface area contributed by atoms with Crippen LogP contribution in [-0.4, -0.2) is 33.3 Å². The van der Waals surface area contributed by atoms with Gasteiger partial charge in [0, 0.05) is 25.4 Å². The molecule has 1 aromatic heterocycles. The van der Waals surface area contributed by atoms with Crippen molar-refractivity contribution in [3.05, 3.63) is 18.2 Å². The molecule has 0 saturated carbocycles. The smallest absolute Gasteiger partial charge is 0.111 e. The number of aryl methyl sites for hydroxylation is 1. The van der Waals surface area contributed by atoms with Gasteiger partial charge in [0.05, 0.1) is 5.60 Å². The van der Waals surface area contributed by atoms with Crippen molar-refractivity contribution in [2.75, 3.05) is 13.1 Å². The van der Waals surface area contributed by atoms with Crippen molar-refractivity contribution in [3.63, 3.8) is 0 Å². The first-order chi connectivity index (χ1) is 8.09. The van der Waals surface area contributed by atoms with Crippen molar-refractivity contribution >= 4 is 0 Å². The van der Waals surface area contributed by atoms with Gasteiger partial charge in [0.1, 0.15) is 5.82 Å². The predicted molar refractivity (Wildman–Crippen MR) is 70.0 cm³/mol. The molecule has 1 aromatic rings. The summed E-state index contributed by atoms with van der Waals surface area (Å²) in [5, 5.41) is 13.6. The van der Waals surface area contributed by atoms with Crippen LogP contribution in [0.15, 0.2) is 12.4 Å². The molecular weight excluding hydrogens is 214 g/mol. The van der Waals surface area contributed by atoms with Crippen LogP contribution in [0.25, 0.3) is 0 Å². The maximum Gasteiger partial charge on any atom is 0.111 e. The normalized spacial score (nSPS) is 14.8. The van der Waals surface area contributed by atoms with E-state index in [4.69, 9.17) is 0 Å². The standard InChI is InChI=1S/C13H25N3O/c1-4-7-14-8-6-13(3,17)11-12-15-9-10-16(12)5-2/h9-10,14,17H,4-8,11H2,1-3H3. The zero-order chi connectivity index (χ0) is 12.7. The van der Waals surface area contributed by atoms with E-state index >= 15 is 0 Å². The fourth-order valence-corrected chi connectivity index (χ4v) is 1.88. The molecule has 0 aliphatic rings. The van der Waals surface area contributed by atoms with Gasteiger partial charge in [0.25, 0.3) is 0 Å². The third-order valence-electron chi connectivity index (χ3n) is 2.95. The highest BCUT2D eigenvalue weighted by Crippen LogP contribution is 2.15. The van der Waals surface area contributed by atoms with E-state index in [9.17, 15) is 5.11 Å². The molecule has 0 radical (unpaired) electrons. The molecule has 17 heavy (non-hydrogen) atoms. The molecule has 0 fully saturated rings. The van der Waals surface area contributed by atoms with Crippen molar-refractivity contribution in [1.82, 2.24) is 14.9 Å². The lowest BCUT2D eigenvalue weighted by Gasteiger charge is -2.23.